The number of likely N-dealkylation sites (tertiary alicyclic amines) is 2. The van der Waals surface area contributed by atoms with E-state index in [0.29, 0.717) is 30.7 Å². The summed E-state index contributed by atoms with van der Waals surface area (Å²) in [5.74, 6) is -5.58. The van der Waals surface area contributed by atoms with E-state index >= 15 is 0 Å². The first-order valence-corrected chi connectivity index (χ1v) is 18.7. The molecular formula is C38H47ClF6N6O6. The standard InChI is InChI=1S/C34H45ClN6O2.2C2HF3O2/c1-23(29-20-36-30-9-5-4-8-28(29)30)32(37-34(43)40-16-12-27(13-17-40)39-14-6-7-15-39)33(42)41-22-24(21-38(2)3)18-25-19-26(35)10-11-31(25)41;2*3-2(4,5)1(6)7/h4-5,8-11,19-20,23-24,27,32,36H,6-7,12-18,21-22H2,1-3H3,(H,37,43);2*(H,6,7)/t23?,24-,32?;;/m1../s1. The number of hydrogen-bond acceptors (Lipinski definition) is 6. The number of fused-ring (bicyclic) bond motifs is 2. The Morgan fingerprint density at radius 1 is 0.930 bits per heavy atom. The molecular weight excluding hydrogens is 786 g/mol. The molecule has 3 amide bonds. The largest absolute Gasteiger partial charge is 0.490 e. The molecule has 0 radical (unpaired) electrons. The van der Waals surface area contributed by atoms with Gasteiger partial charge in [0.1, 0.15) is 6.04 Å². The molecule has 4 heterocycles. The number of piperidine rings is 1. The van der Waals surface area contributed by atoms with E-state index in [1.54, 1.807) is 0 Å². The third-order valence-corrected chi connectivity index (χ3v) is 10.5. The van der Waals surface area contributed by atoms with E-state index in [4.69, 9.17) is 31.4 Å². The SMILES string of the molecule is CC(c1c[nH]c2ccccc12)C(NC(=O)N1CCC(N2CCCC2)CC1)C(=O)N1C[C@@H](CN(C)C)Cc2cc(Cl)ccc21.O=C(O)C(F)(F)F.O=C(O)C(F)(F)F. The first kappa shape index (κ1) is 45.2. The highest BCUT2D eigenvalue weighted by molar-refractivity contribution is 6.30. The van der Waals surface area contributed by atoms with E-state index < -0.39 is 30.3 Å². The molecule has 2 unspecified atom stereocenters. The predicted octanol–water partition coefficient (Wildman–Crippen LogP) is 6.60. The molecule has 4 N–H and O–H groups in total. The Balaban J connectivity index is 0.000000440. The van der Waals surface area contributed by atoms with Gasteiger partial charge in [0.25, 0.3) is 0 Å². The fraction of sp³-hybridized carbons (Fsp3) is 0.526. The molecule has 3 atom stereocenters. The zero-order valence-electron chi connectivity index (χ0n) is 31.7. The number of H-pyrrole nitrogens is 1. The van der Waals surface area contributed by atoms with E-state index in [9.17, 15) is 35.9 Å². The summed E-state index contributed by atoms with van der Waals surface area (Å²) < 4.78 is 63.5. The highest BCUT2D eigenvalue weighted by Crippen LogP contribution is 2.35. The molecule has 6 rings (SSSR count). The molecule has 0 aliphatic carbocycles. The molecule has 314 valence electrons. The van der Waals surface area contributed by atoms with Crippen molar-refractivity contribution in [1.82, 2.24) is 25.0 Å². The second kappa shape index (κ2) is 19.3. The van der Waals surface area contributed by atoms with Gasteiger partial charge in [-0.25, -0.2) is 14.4 Å². The van der Waals surface area contributed by atoms with Crippen molar-refractivity contribution in [3.8, 4) is 0 Å². The van der Waals surface area contributed by atoms with Crippen molar-refractivity contribution in [2.75, 3.05) is 58.3 Å². The van der Waals surface area contributed by atoms with Gasteiger partial charge in [-0.2, -0.15) is 26.3 Å². The number of benzene rings is 2. The molecule has 2 aromatic carbocycles. The Kier molecular flexibility index (Phi) is 15.3. The van der Waals surface area contributed by atoms with Crippen molar-refractivity contribution in [3.05, 3.63) is 64.8 Å². The van der Waals surface area contributed by atoms with Crippen LogP contribution >= 0.6 is 11.6 Å². The normalized spacial score (nSPS) is 18.8. The molecule has 3 aromatic rings. The second-order valence-corrected chi connectivity index (χ2v) is 15.1. The van der Waals surface area contributed by atoms with Crippen LogP contribution < -0.4 is 10.2 Å². The number of nitrogens with one attached hydrogen (secondary N) is 2. The molecule has 2 saturated heterocycles. The number of aromatic amines is 1. The highest BCUT2D eigenvalue weighted by Gasteiger charge is 2.40. The molecule has 2 fully saturated rings. The predicted molar refractivity (Wildman–Crippen MR) is 201 cm³/mol. The lowest BCUT2D eigenvalue weighted by Crippen LogP contribution is -2.57. The Labute approximate surface area is 330 Å². The zero-order chi connectivity index (χ0) is 42.2. The summed E-state index contributed by atoms with van der Waals surface area (Å²) in [7, 11) is 4.13. The lowest BCUT2D eigenvalue weighted by molar-refractivity contribution is -0.193. The Hall–Kier alpha value is -4.55. The maximum absolute atomic E-state index is 14.7. The fourth-order valence-electron chi connectivity index (χ4n) is 7.54. The first-order chi connectivity index (χ1) is 26.7. The van der Waals surface area contributed by atoms with Crippen LogP contribution in [0.1, 0.15) is 49.7 Å². The van der Waals surface area contributed by atoms with Crippen LogP contribution in [-0.2, 0) is 20.8 Å². The molecule has 57 heavy (non-hydrogen) atoms. The van der Waals surface area contributed by atoms with Crippen molar-refractivity contribution in [3.63, 3.8) is 0 Å². The van der Waals surface area contributed by atoms with Gasteiger partial charge in [0.05, 0.1) is 0 Å². The minimum absolute atomic E-state index is 0.0786. The topological polar surface area (TPSA) is 150 Å². The molecule has 0 bridgehead atoms. The molecule has 1 aromatic heterocycles. The number of para-hydroxylation sites is 1. The fourth-order valence-corrected chi connectivity index (χ4v) is 7.74. The van der Waals surface area contributed by atoms with Crippen molar-refractivity contribution in [2.24, 2.45) is 5.92 Å². The number of halogens is 7. The van der Waals surface area contributed by atoms with E-state index in [2.05, 4.69) is 47.2 Å². The molecule has 0 spiro atoms. The summed E-state index contributed by atoms with van der Waals surface area (Å²) in [5, 5.41) is 19.2. The smallest absolute Gasteiger partial charge is 0.475 e. The maximum atomic E-state index is 14.7. The Morgan fingerprint density at radius 2 is 1.51 bits per heavy atom. The van der Waals surface area contributed by atoms with Gasteiger partial charge in [0.15, 0.2) is 0 Å². The van der Waals surface area contributed by atoms with Crippen LogP contribution in [0.15, 0.2) is 48.7 Å². The van der Waals surface area contributed by atoms with Crippen molar-refractivity contribution in [1.29, 1.82) is 0 Å². The highest BCUT2D eigenvalue weighted by atomic mass is 35.5. The van der Waals surface area contributed by atoms with Gasteiger partial charge < -0.3 is 40.1 Å². The summed E-state index contributed by atoms with van der Waals surface area (Å²) in [6.45, 7) is 7.29. The van der Waals surface area contributed by atoms with E-state index in [-0.39, 0.29) is 23.8 Å². The number of carboxylic acids is 2. The van der Waals surface area contributed by atoms with Crippen molar-refractivity contribution >= 4 is 52.1 Å². The van der Waals surface area contributed by atoms with E-state index in [0.717, 1.165) is 53.5 Å². The first-order valence-electron chi connectivity index (χ1n) is 18.4. The Morgan fingerprint density at radius 3 is 2.07 bits per heavy atom. The van der Waals surface area contributed by atoms with Gasteiger partial charge in [-0.1, -0.05) is 36.7 Å². The number of carboxylic acid groups (broad SMARTS) is 2. The van der Waals surface area contributed by atoms with Crippen LogP contribution in [0.3, 0.4) is 0 Å². The maximum Gasteiger partial charge on any atom is 0.490 e. The summed E-state index contributed by atoms with van der Waals surface area (Å²) in [4.78, 5) is 58.3. The number of urea groups is 1. The molecule has 19 heteroatoms. The molecule has 0 saturated carbocycles. The number of alkyl halides is 6. The zero-order valence-corrected chi connectivity index (χ0v) is 32.4. The summed E-state index contributed by atoms with van der Waals surface area (Å²) in [5.41, 5.74) is 4.02. The third-order valence-electron chi connectivity index (χ3n) is 10.2. The Bertz CT molecular complexity index is 1840. The van der Waals surface area contributed by atoms with Gasteiger partial charge in [-0.3, -0.25) is 4.79 Å². The summed E-state index contributed by atoms with van der Waals surface area (Å²) in [6, 6.07) is 13.6. The number of carbonyl (C=O) groups is 4. The summed E-state index contributed by atoms with van der Waals surface area (Å²) in [6.07, 6.45) is -2.80. The van der Waals surface area contributed by atoms with Gasteiger partial charge in [0, 0.05) is 65.9 Å². The van der Waals surface area contributed by atoms with E-state index in [1.807, 2.05) is 52.4 Å². The van der Waals surface area contributed by atoms with E-state index in [1.165, 1.54) is 25.9 Å². The minimum Gasteiger partial charge on any atom is -0.475 e. The molecule has 3 aliphatic rings. The number of aromatic nitrogens is 1. The van der Waals surface area contributed by atoms with Crippen molar-refractivity contribution in [2.45, 2.75) is 69.4 Å². The van der Waals surface area contributed by atoms with Gasteiger partial charge >= 0.3 is 30.3 Å². The number of rotatable bonds is 7. The number of hydrogen-bond donors (Lipinski definition) is 4. The lowest BCUT2D eigenvalue weighted by atomic mass is 9.88. The van der Waals surface area contributed by atoms with Gasteiger partial charge in [0.2, 0.25) is 5.91 Å². The number of carbonyl (C=O) groups excluding carboxylic acids is 2. The van der Waals surface area contributed by atoms with Crippen LogP contribution in [0, 0.1) is 5.92 Å². The van der Waals surface area contributed by atoms with Crippen LogP contribution in [0.25, 0.3) is 10.9 Å². The van der Waals surface area contributed by atoms with Crippen LogP contribution in [0.2, 0.25) is 5.02 Å². The number of aliphatic carboxylic acids is 2. The molecule has 12 nitrogen and oxygen atoms in total. The quantitative estimate of drug-likeness (QED) is 0.195. The minimum atomic E-state index is -5.08. The number of nitrogens with zero attached hydrogens (tertiary/aromatic N) is 4. The third kappa shape index (κ3) is 12.2. The van der Waals surface area contributed by atoms with Crippen LogP contribution in [-0.4, -0.2) is 132 Å². The average molecular weight is 833 g/mol. The lowest BCUT2D eigenvalue weighted by Gasteiger charge is -2.40. The van der Waals surface area contributed by atoms with Gasteiger partial charge in [-0.05, 0) is 101 Å². The number of anilines is 1. The second-order valence-electron chi connectivity index (χ2n) is 14.6. The average Bonchev–Trinajstić information content (AvgIpc) is 3.84. The summed E-state index contributed by atoms with van der Waals surface area (Å²) >= 11 is 6.42. The van der Waals surface area contributed by atoms with Gasteiger partial charge in [-0.15, -0.1) is 0 Å². The van der Waals surface area contributed by atoms with Crippen LogP contribution in [0.4, 0.5) is 36.8 Å². The number of amides is 3. The van der Waals surface area contributed by atoms with Crippen molar-refractivity contribution < 1.29 is 55.7 Å². The van der Waals surface area contributed by atoms with Crippen LogP contribution in [0.5, 0.6) is 0 Å². The molecule has 3 aliphatic heterocycles. The monoisotopic (exact) mass is 832 g/mol.